The van der Waals surface area contributed by atoms with Crippen molar-refractivity contribution in [2.75, 3.05) is 23.4 Å². The highest BCUT2D eigenvalue weighted by Gasteiger charge is 2.37. The van der Waals surface area contributed by atoms with Gasteiger partial charge in [0, 0.05) is 23.1 Å². The summed E-state index contributed by atoms with van der Waals surface area (Å²) in [6.07, 6.45) is 0.00793. The number of para-hydroxylation sites is 1. The van der Waals surface area contributed by atoms with Gasteiger partial charge in [-0.05, 0) is 46.3 Å². The first-order valence-corrected chi connectivity index (χ1v) is 9.86. The molecule has 1 fully saturated rings. The summed E-state index contributed by atoms with van der Waals surface area (Å²) in [5.74, 6) is -1.98. The smallest absolute Gasteiger partial charge is 0.311 e. The van der Waals surface area contributed by atoms with Gasteiger partial charge in [-0.1, -0.05) is 35.3 Å². The van der Waals surface area contributed by atoms with Gasteiger partial charge in [-0.15, -0.1) is 0 Å². The van der Waals surface area contributed by atoms with E-state index in [9.17, 15) is 14.4 Å². The molecule has 1 N–H and O–H groups in total. The second kappa shape index (κ2) is 8.94. The largest absolute Gasteiger partial charge is 0.455 e. The van der Waals surface area contributed by atoms with E-state index in [4.69, 9.17) is 27.9 Å². The van der Waals surface area contributed by atoms with Crippen LogP contribution in [0.3, 0.4) is 0 Å². The zero-order chi connectivity index (χ0) is 20.3. The third-order valence-corrected chi connectivity index (χ3v) is 5.70. The second-order valence-corrected chi connectivity index (χ2v) is 7.81. The molecule has 3 rings (SSSR count). The fraction of sp³-hybridized carbons (Fsp3) is 0.211. The molecule has 1 aliphatic rings. The summed E-state index contributed by atoms with van der Waals surface area (Å²) in [6.45, 7) is -0.297. The molecule has 0 bridgehead atoms. The maximum absolute atomic E-state index is 12.3. The number of nitrogens with one attached hydrogen (secondary N) is 1. The molecule has 146 valence electrons. The van der Waals surface area contributed by atoms with Gasteiger partial charge in [0.25, 0.3) is 5.91 Å². The van der Waals surface area contributed by atoms with Crippen molar-refractivity contribution in [1.82, 2.24) is 0 Å². The fourth-order valence-electron chi connectivity index (χ4n) is 2.79. The predicted molar refractivity (Wildman–Crippen MR) is 111 cm³/mol. The van der Waals surface area contributed by atoms with Crippen LogP contribution in [0, 0.1) is 5.92 Å². The van der Waals surface area contributed by atoms with Gasteiger partial charge < -0.3 is 15.0 Å². The van der Waals surface area contributed by atoms with Crippen LogP contribution in [0.1, 0.15) is 6.42 Å². The van der Waals surface area contributed by atoms with Crippen molar-refractivity contribution in [3.05, 3.63) is 57.0 Å². The van der Waals surface area contributed by atoms with E-state index in [1.807, 2.05) is 0 Å². The molecule has 1 atom stereocenters. The first-order valence-electron chi connectivity index (χ1n) is 8.31. The van der Waals surface area contributed by atoms with Gasteiger partial charge in [-0.3, -0.25) is 14.4 Å². The molecule has 0 saturated carbocycles. The molecular weight excluding hydrogens is 471 g/mol. The number of hydrogen-bond donors (Lipinski definition) is 1. The number of carbonyl (C=O) groups is 3. The van der Waals surface area contributed by atoms with Crippen LogP contribution in [0.4, 0.5) is 11.4 Å². The van der Waals surface area contributed by atoms with E-state index < -0.39 is 24.4 Å². The van der Waals surface area contributed by atoms with E-state index in [0.29, 0.717) is 25.9 Å². The Kier molecular flexibility index (Phi) is 6.59. The molecule has 2 aromatic rings. The van der Waals surface area contributed by atoms with E-state index in [2.05, 4.69) is 21.2 Å². The molecule has 1 heterocycles. The van der Waals surface area contributed by atoms with Crippen molar-refractivity contribution in [2.45, 2.75) is 6.42 Å². The number of esters is 1. The normalized spacial score (nSPS) is 16.2. The molecule has 28 heavy (non-hydrogen) atoms. The molecule has 1 saturated heterocycles. The molecule has 0 radical (unpaired) electrons. The Hall–Kier alpha value is -2.09. The molecule has 0 aliphatic carbocycles. The van der Waals surface area contributed by atoms with E-state index in [0.717, 1.165) is 0 Å². The average molecular weight is 486 g/mol. The molecule has 9 heteroatoms. The highest BCUT2D eigenvalue weighted by molar-refractivity contribution is 9.10. The number of hydrogen-bond acceptors (Lipinski definition) is 4. The van der Waals surface area contributed by atoms with Gasteiger partial charge in [-0.2, -0.15) is 0 Å². The van der Waals surface area contributed by atoms with Crippen molar-refractivity contribution in [3.63, 3.8) is 0 Å². The number of anilines is 2. The highest BCUT2D eigenvalue weighted by atomic mass is 79.9. The Labute approximate surface area is 179 Å². The number of halogens is 3. The summed E-state index contributed by atoms with van der Waals surface area (Å²) in [7, 11) is 0. The fourth-order valence-corrected chi connectivity index (χ4v) is 3.46. The van der Waals surface area contributed by atoms with E-state index in [1.54, 1.807) is 42.5 Å². The lowest BCUT2D eigenvalue weighted by Crippen LogP contribution is -2.28. The molecule has 2 aromatic carbocycles. The van der Waals surface area contributed by atoms with Crippen LogP contribution in [0.2, 0.25) is 10.0 Å². The molecule has 0 unspecified atom stereocenters. The summed E-state index contributed by atoms with van der Waals surface area (Å²) < 4.78 is 5.77. The van der Waals surface area contributed by atoms with Gasteiger partial charge in [0.2, 0.25) is 5.91 Å². The number of amides is 2. The van der Waals surface area contributed by atoms with Crippen LogP contribution in [-0.4, -0.2) is 30.9 Å². The Balaban J connectivity index is 1.54. The van der Waals surface area contributed by atoms with Crippen LogP contribution >= 0.6 is 39.1 Å². The summed E-state index contributed by atoms with van der Waals surface area (Å²) in [5, 5.41) is 3.46. The number of carbonyl (C=O) groups excluding carboxylic acids is 3. The third kappa shape index (κ3) is 4.84. The van der Waals surface area contributed by atoms with Crippen molar-refractivity contribution in [2.24, 2.45) is 5.92 Å². The molecule has 0 spiro atoms. The minimum absolute atomic E-state index is 0.00793. The first-order chi connectivity index (χ1) is 13.3. The van der Waals surface area contributed by atoms with Crippen molar-refractivity contribution >= 4 is 68.3 Å². The van der Waals surface area contributed by atoms with E-state index in [-0.39, 0.29) is 18.9 Å². The Bertz CT molecular complexity index is 938. The third-order valence-electron chi connectivity index (χ3n) is 4.15. The van der Waals surface area contributed by atoms with Gasteiger partial charge in [-0.25, -0.2) is 0 Å². The molecule has 6 nitrogen and oxygen atoms in total. The quantitative estimate of drug-likeness (QED) is 0.641. The average Bonchev–Trinajstić information content (AvgIpc) is 3.05. The maximum atomic E-state index is 12.3. The Morgan fingerprint density at radius 1 is 1.18 bits per heavy atom. The van der Waals surface area contributed by atoms with Crippen molar-refractivity contribution < 1.29 is 19.1 Å². The number of ether oxygens (including phenoxy) is 1. The zero-order valence-electron chi connectivity index (χ0n) is 14.5. The monoisotopic (exact) mass is 484 g/mol. The second-order valence-electron chi connectivity index (χ2n) is 6.14. The van der Waals surface area contributed by atoms with Crippen molar-refractivity contribution in [1.29, 1.82) is 0 Å². The number of benzene rings is 2. The van der Waals surface area contributed by atoms with Crippen LogP contribution in [-0.2, 0) is 19.1 Å². The predicted octanol–water partition coefficient (Wildman–Crippen LogP) is 4.29. The summed E-state index contributed by atoms with van der Waals surface area (Å²) in [6, 6.07) is 11.8. The number of nitrogens with zero attached hydrogens (tertiary/aromatic N) is 1. The molecule has 1 aliphatic heterocycles. The first kappa shape index (κ1) is 20.6. The van der Waals surface area contributed by atoms with Gasteiger partial charge in [0.05, 0.1) is 21.7 Å². The van der Waals surface area contributed by atoms with Crippen LogP contribution < -0.4 is 10.2 Å². The van der Waals surface area contributed by atoms with Crippen LogP contribution in [0.5, 0.6) is 0 Å². The Morgan fingerprint density at radius 2 is 1.93 bits per heavy atom. The van der Waals surface area contributed by atoms with Gasteiger partial charge in [0.1, 0.15) is 0 Å². The lowest BCUT2D eigenvalue weighted by molar-refractivity contribution is -0.151. The van der Waals surface area contributed by atoms with Crippen molar-refractivity contribution in [3.8, 4) is 0 Å². The highest BCUT2D eigenvalue weighted by Crippen LogP contribution is 2.31. The lowest BCUT2D eigenvalue weighted by atomic mass is 10.1. The number of rotatable bonds is 5. The standard InChI is InChI=1S/C19H15BrCl2N2O4/c20-13-6-5-12(8-15(13)22)23-17(25)10-28-19(27)11-7-18(26)24(9-11)16-4-2-1-3-14(16)21/h1-6,8,11H,7,9-10H2,(H,23,25)/t11-/m1/s1. The summed E-state index contributed by atoms with van der Waals surface area (Å²) >= 11 is 15.4. The molecule has 2 amide bonds. The minimum Gasteiger partial charge on any atom is -0.455 e. The van der Waals surface area contributed by atoms with E-state index >= 15 is 0 Å². The molecule has 0 aromatic heterocycles. The molecular formula is C19H15BrCl2N2O4. The zero-order valence-corrected chi connectivity index (χ0v) is 17.6. The summed E-state index contributed by atoms with van der Waals surface area (Å²) in [5.41, 5.74) is 1.03. The Morgan fingerprint density at radius 3 is 2.64 bits per heavy atom. The summed E-state index contributed by atoms with van der Waals surface area (Å²) in [4.78, 5) is 38.0. The topological polar surface area (TPSA) is 75.7 Å². The van der Waals surface area contributed by atoms with Gasteiger partial charge >= 0.3 is 5.97 Å². The maximum Gasteiger partial charge on any atom is 0.311 e. The lowest BCUT2D eigenvalue weighted by Gasteiger charge is -2.17. The SMILES string of the molecule is O=C(COC(=O)[C@@H]1CC(=O)N(c2ccccc2Cl)C1)Nc1ccc(Br)c(Cl)c1. The van der Waals surface area contributed by atoms with Crippen LogP contribution in [0.25, 0.3) is 0 Å². The van der Waals surface area contributed by atoms with Crippen LogP contribution in [0.15, 0.2) is 46.9 Å². The minimum atomic E-state index is -0.654. The van der Waals surface area contributed by atoms with Gasteiger partial charge in [0.15, 0.2) is 6.61 Å². The van der Waals surface area contributed by atoms with E-state index in [1.165, 1.54) is 4.90 Å².